The number of hydrogen-bond donors (Lipinski definition) is 0. The lowest BCUT2D eigenvalue weighted by Crippen LogP contribution is -2.25. The summed E-state index contributed by atoms with van der Waals surface area (Å²) in [6.45, 7) is 4.11. The molecule has 0 bridgehead atoms. The number of likely N-dealkylation sites (tertiary alicyclic amines) is 1. The minimum Gasteiger partial charge on any atom is -0.489 e. The average molecular weight is 460 g/mol. The van der Waals surface area contributed by atoms with Gasteiger partial charge in [0.05, 0.1) is 5.52 Å². The molecule has 0 saturated carbocycles. The monoisotopic (exact) mass is 459 g/mol. The molecule has 0 spiro atoms. The van der Waals surface area contributed by atoms with Gasteiger partial charge in [0, 0.05) is 35.9 Å². The number of hydrogen-bond acceptors (Lipinski definition) is 5. The van der Waals surface area contributed by atoms with Crippen LogP contribution in [0.1, 0.15) is 18.4 Å². The molecule has 1 aliphatic rings. The Labute approximate surface area is 197 Å². The van der Waals surface area contributed by atoms with Crippen LogP contribution in [0.3, 0.4) is 0 Å². The first kappa shape index (κ1) is 22.1. The van der Waals surface area contributed by atoms with Crippen LogP contribution in [0.25, 0.3) is 16.6 Å². The van der Waals surface area contributed by atoms with Crippen LogP contribution in [0, 0.1) is 5.82 Å². The van der Waals surface area contributed by atoms with Crippen LogP contribution >= 0.6 is 0 Å². The molecule has 0 aliphatic carbocycles. The molecule has 1 fully saturated rings. The normalized spacial score (nSPS) is 13.9. The summed E-state index contributed by atoms with van der Waals surface area (Å²) in [4.78, 5) is 19.7. The highest BCUT2D eigenvalue weighted by atomic mass is 19.1. The number of halogens is 1. The topological polar surface area (TPSA) is 56.6 Å². The number of aromatic nitrogens is 2. The lowest BCUT2D eigenvalue weighted by molar-refractivity contribution is 0.232. The first-order chi connectivity index (χ1) is 16.6. The fraction of sp³-hybridized carbons (Fsp3) is 0.259. The van der Waals surface area contributed by atoms with Crippen LogP contribution < -0.4 is 15.0 Å². The predicted molar refractivity (Wildman–Crippen MR) is 129 cm³/mol. The summed E-state index contributed by atoms with van der Waals surface area (Å²) in [5.41, 5.74) is 2.18. The fourth-order valence-corrected chi connectivity index (χ4v) is 4.12. The third-order valence-electron chi connectivity index (χ3n) is 5.99. The van der Waals surface area contributed by atoms with Crippen molar-refractivity contribution < 1.29 is 13.9 Å². The minimum absolute atomic E-state index is 0.203. The third kappa shape index (κ3) is 5.26. The summed E-state index contributed by atoms with van der Waals surface area (Å²) in [5, 5.41) is 0.924. The van der Waals surface area contributed by atoms with Crippen LogP contribution in [0.4, 0.5) is 4.39 Å². The smallest absolute Gasteiger partial charge is 0.258 e. The maximum absolute atomic E-state index is 13.0. The molecule has 1 aliphatic heterocycles. The Morgan fingerprint density at radius 2 is 1.74 bits per heavy atom. The summed E-state index contributed by atoms with van der Waals surface area (Å²) < 4.78 is 26.1. The molecule has 34 heavy (non-hydrogen) atoms. The van der Waals surface area contributed by atoms with Crippen LogP contribution in [-0.4, -0.2) is 40.7 Å². The highest BCUT2D eigenvalue weighted by Gasteiger charge is 2.11. The van der Waals surface area contributed by atoms with Gasteiger partial charge in [0.1, 0.15) is 24.8 Å². The van der Waals surface area contributed by atoms with Crippen molar-refractivity contribution in [3.05, 3.63) is 94.7 Å². The summed E-state index contributed by atoms with van der Waals surface area (Å²) in [5.74, 6) is 0.779. The quantitative estimate of drug-likeness (QED) is 0.386. The first-order valence-corrected chi connectivity index (χ1v) is 11.5. The molecule has 0 radical (unpaired) electrons. The van der Waals surface area contributed by atoms with Crippen LogP contribution in [-0.2, 0) is 6.61 Å². The highest BCUT2D eigenvalue weighted by Crippen LogP contribution is 2.21. The van der Waals surface area contributed by atoms with Gasteiger partial charge in [-0.15, -0.1) is 0 Å². The zero-order valence-electron chi connectivity index (χ0n) is 18.8. The van der Waals surface area contributed by atoms with Gasteiger partial charge < -0.3 is 9.47 Å². The first-order valence-electron chi connectivity index (χ1n) is 11.5. The molecule has 0 amide bonds. The Morgan fingerprint density at radius 1 is 0.912 bits per heavy atom. The second kappa shape index (κ2) is 10.1. The average Bonchev–Trinajstić information content (AvgIpc) is 3.37. The van der Waals surface area contributed by atoms with E-state index in [4.69, 9.17) is 9.47 Å². The zero-order valence-corrected chi connectivity index (χ0v) is 18.8. The maximum Gasteiger partial charge on any atom is 0.258 e. The molecule has 0 atom stereocenters. The van der Waals surface area contributed by atoms with Gasteiger partial charge in [-0.3, -0.25) is 14.3 Å². The van der Waals surface area contributed by atoms with Gasteiger partial charge in [0.15, 0.2) is 0 Å². The molecule has 3 heterocycles. The van der Waals surface area contributed by atoms with Crippen molar-refractivity contribution in [3.63, 3.8) is 0 Å². The standard InChI is InChI=1S/C27H26FN3O3/c28-22-6-3-20(4-7-22)19-34-24-11-14-31(27(32)18-24)23-8-9-25-21(17-23)5-10-26(29-25)33-16-15-30-12-1-2-13-30/h3-11,14,17-18H,1-2,12-13,15-16,19H2. The lowest BCUT2D eigenvalue weighted by Gasteiger charge is -2.14. The molecule has 0 N–H and O–H groups in total. The summed E-state index contributed by atoms with van der Waals surface area (Å²) in [6, 6.07) is 18.8. The molecule has 174 valence electrons. The Hall–Kier alpha value is -3.71. The van der Waals surface area contributed by atoms with Crippen molar-refractivity contribution in [3.8, 4) is 17.3 Å². The van der Waals surface area contributed by atoms with E-state index in [9.17, 15) is 9.18 Å². The van der Waals surface area contributed by atoms with Crippen molar-refractivity contribution in [1.82, 2.24) is 14.5 Å². The largest absolute Gasteiger partial charge is 0.489 e. The van der Waals surface area contributed by atoms with Crippen LogP contribution in [0.2, 0.25) is 0 Å². The number of nitrogens with zero attached hydrogens (tertiary/aromatic N) is 3. The zero-order chi connectivity index (χ0) is 23.3. The van der Waals surface area contributed by atoms with Crippen molar-refractivity contribution in [2.45, 2.75) is 19.4 Å². The van der Waals surface area contributed by atoms with Crippen molar-refractivity contribution in [2.75, 3.05) is 26.2 Å². The molecule has 4 aromatic rings. The van der Waals surface area contributed by atoms with Crippen molar-refractivity contribution in [2.24, 2.45) is 0 Å². The van der Waals surface area contributed by atoms with E-state index in [2.05, 4.69) is 9.88 Å². The third-order valence-corrected chi connectivity index (χ3v) is 5.99. The molecule has 6 nitrogen and oxygen atoms in total. The fourth-order valence-electron chi connectivity index (χ4n) is 4.12. The van der Waals surface area contributed by atoms with Gasteiger partial charge >= 0.3 is 0 Å². The molecule has 0 unspecified atom stereocenters. The number of pyridine rings is 2. The summed E-state index contributed by atoms with van der Waals surface area (Å²) in [7, 11) is 0. The van der Waals surface area contributed by atoms with E-state index in [0.717, 1.165) is 41.8 Å². The van der Waals surface area contributed by atoms with E-state index in [0.29, 0.717) is 18.2 Å². The number of rotatable bonds is 8. The van der Waals surface area contributed by atoms with E-state index in [1.807, 2.05) is 30.3 Å². The van der Waals surface area contributed by atoms with Crippen LogP contribution in [0.15, 0.2) is 77.7 Å². The van der Waals surface area contributed by atoms with Crippen molar-refractivity contribution in [1.29, 1.82) is 0 Å². The van der Waals surface area contributed by atoms with Gasteiger partial charge in [-0.25, -0.2) is 9.37 Å². The Balaban J connectivity index is 1.25. The van der Waals surface area contributed by atoms with Gasteiger partial charge in [-0.1, -0.05) is 12.1 Å². The molecule has 1 saturated heterocycles. The maximum atomic E-state index is 13.0. The predicted octanol–water partition coefficient (Wildman–Crippen LogP) is 4.58. The highest BCUT2D eigenvalue weighted by molar-refractivity contribution is 5.81. The Bertz CT molecular complexity index is 1330. The molecule has 2 aromatic carbocycles. The van der Waals surface area contributed by atoms with Gasteiger partial charge in [-0.2, -0.15) is 0 Å². The van der Waals surface area contributed by atoms with E-state index in [1.165, 1.54) is 31.0 Å². The van der Waals surface area contributed by atoms with E-state index in [-0.39, 0.29) is 18.0 Å². The van der Waals surface area contributed by atoms with Gasteiger partial charge in [0.25, 0.3) is 5.56 Å². The lowest BCUT2D eigenvalue weighted by atomic mass is 10.2. The van der Waals surface area contributed by atoms with Gasteiger partial charge in [-0.05, 0) is 74.0 Å². The summed E-state index contributed by atoms with van der Waals surface area (Å²) >= 11 is 0. The van der Waals surface area contributed by atoms with Gasteiger partial charge in [0.2, 0.25) is 5.88 Å². The number of ether oxygens (including phenoxy) is 2. The van der Waals surface area contributed by atoms with E-state index < -0.39 is 0 Å². The molecular formula is C27H26FN3O3. The van der Waals surface area contributed by atoms with E-state index >= 15 is 0 Å². The minimum atomic E-state index is -0.293. The molecule has 7 heteroatoms. The molecule has 5 rings (SSSR count). The molecular weight excluding hydrogens is 433 g/mol. The molecule has 2 aromatic heterocycles. The number of fused-ring (bicyclic) bond motifs is 1. The second-order valence-electron chi connectivity index (χ2n) is 8.41. The SMILES string of the molecule is O=c1cc(OCc2ccc(F)cc2)ccn1-c1ccc2nc(OCCN3CCCC3)ccc2c1. The Morgan fingerprint density at radius 3 is 2.53 bits per heavy atom. The summed E-state index contributed by atoms with van der Waals surface area (Å²) in [6.07, 6.45) is 4.23. The Kier molecular flexibility index (Phi) is 6.53. The van der Waals surface area contributed by atoms with E-state index in [1.54, 1.807) is 29.0 Å². The van der Waals surface area contributed by atoms with Crippen molar-refractivity contribution >= 4 is 10.9 Å². The second-order valence-corrected chi connectivity index (χ2v) is 8.41. The number of benzene rings is 2. The van der Waals surface area contributed by atoms with Crippen LogP contribution in [0.5, 0.6) is 11.6 Å².